The molecule has 1 N–H and O–H groups in total. The molecule has 0 radical (unpaired) electrons. The minimum atomic E-state index is 1.01. The summed E-state index contributed by atoms with van der Waals surface area (Å²) < 4.78 is 0. The number of hydrogen-bond donors (Lipinski definition) is 1. The van der Waals surface area contributed by atoms with Crippen molar-refractivity contribution >= 4 is 11.8 Å². The maximum Gasteiger partial charge on any atom is 0.0391 e. The van der Waals surface area contributed by atoms with E-state index in [2.05, 4.69) is 0 Å². The SMILES string of the molecule is ON1C=CSC=C1. The van der Waals surface area contributed by atoms with Crippen LogP contribution in [0.25, 0.3) is 0 Å². The van der Waals surface area contributed by atoms with Crippen LogP contribution in [-0.4, -0.2) is 10.3 Å². The normalized spacial score (nSPS) is 18.1. The van der Waals surface area contributed by atoms with Gasteiger partial charge in [0.2, 0.25) is 0 Å². The van der Waals surface area contributed by atoms with Gasteiger partial charge in [0.05, 0.1) is 0 Å². The van der Waals surface area contributed by atoms with E-state index in [4.69, 9.17) is 5.21 Å². The summed E-state index contributed by atoms with van der Waals surface area (Å²) in [5.41, 5.74) is 0. The van der Waals surface area contributed by atoms with Crippen molar-refractivity contribution in [2.45, 2.75) is 0 Å². The van der Waals surface area contributed by atoms with Gasteiger partial charge in [0.15, 0.2) is 0 Å². The Morgan fingerprint density at radius 3 is 2.14 bits per heavy atom. The second-order valence-corrected chi connectivity index (χ2v) is 1.90. The lowest BCUT2D eigenvalue weighted by molar-refractivity contribution is 0.0117. The van der Waals surface area contributed by atoms with E-state index < -0.39 is 0 Å². The van der Waals surface area contributed by atoms with Crippen molar-refractivity contribution < 1.29 is 5.21 Å². The molecule has 0 amide bonds. The minimum Gasteiger partial charge on any atom is -0.285 e. The molecular weight excluding hydrogens is 110 g/mol. The Balaban J connectivity index is 2.49. The van der Waals surface area contributed by atoms with Crippen LogP contribution in [0.1, 0.15) is 0 Å². The first-order chi connectivity index (χ1) is 3.39. The summed E-state index contributed by atoms with van der Waals surface area (Å²) in [6, 6.07) is 0. The van der Waals surface area contributed by atoms with Gasteiger partial charge in [-0.25, -0.2) is 5.06 Å². The molecule has 0 atom stereocenters. The third-order valence-corrected chi connectivity index (χ3v) is 1.14. The quantitative estimate of drug-likeness (QED) is 0.515. The summed E-state index contributed by atoms with van der Waals surface area (Å²) in [6.07, 6.45) is 3.15. The lowest BCUT2D eigenvalue weighted by Crippen LogP contribution is -2.01. The van der Waals surface area contributed by atoms with Crippen LogP contribution in [0.4, 0.5) is 0 Å². The van der Waals surface area contributed by atoms with Crippen molar-refractivity contribution in [2.24, 2.45) is 0 Å². The van der Waals surface area contributed by atoms with Gasteiger partial charge in [-0.3, -0.25) is 5.21 Å². The van der Waals surface area contributed by atoms with Gasteiger partial charge in [0.25, 0.3) is 0 Å². The van der Waals surface area contributed by atoms with Crippen LogP contribution in [0.3, 0.4) is 0 Å². The van der Waals surface area contributed by atoms with Gasteiger partial charge in [0.1, 0.15) is 0 Å². The Hall–Kier alpha value is -0.410. The highest BCUT2D eigenvalue weighted by molar-refractivity contribution is 8.04. The number of thioether (sulfide) groups is 1. The molecule has 3 heteroatoms. The topological polar surface area (TPSA) is 23.5 Å². The Kier molecular flexibility index (Phi) is 1.38. The Morgan fingerprint density at radius 2 is 1.86 bits per heavy atom. The van der Waals surface area contributed by atoms with E-state index in [1.807, 2.05) is 0 Å². The van der Waals surface area contributed by atoms with E-state index in [0.29, 0.717) is 0 Å². The zero-order valence-electron chi connectivity index (χ0n) is 3.61. The van der Waals surface area contributed by atoms with Crippen LogP contribution in [0.15, 0.2) is 23.2 Å². The van der Waals surface area contributed by atoms with Gasteiger partial charge < -0.3 is 0 Å². The second kappa shape index (κ2) is 2.04. The van der Waals surface area contributed by atoms with Crippen LogP contribution < -0.4 is 0 Å². The van der Waals surface area contributed by atoms with E-state index in [1.165, 1.54) is 11.8 Å². The molecule has 0 bridgehead atoms. The molecule has 0 saturated heterocycles. The Bertz CT molecular complexity index is 98.3. The standard InChI is InChI=1S/C4H5NOS/c6-5-1-3-7-4-2-5/h1-4,6H. The molecule has 7 heavy (non-hydrogen) atoms. The van der Waals surface area contributed by atoms with E-state index >= 15 is 0 Å². The van der Waals surface area contributed by atoms with Crippen LogP contribution in [-0.2, 0) is 0 Å². The van der Waals surface area contributed by atoms with E-state index in [1.54, 1.807) is 23.2 Å². The van der Waals surface area contributed by atoms with Gasteiger partial charge >= 0.3 is 0 Å². The highest BCUT2D eigenvalue weighted by Gasteiger charge is 1.86. The average molecular weight is 115 g/mol. The third-order valence-electron chi connectivity index (χ3n) is 0.584. The predicted molar refractivity (Wildman–Crippen MR) is 29.5 cm³/mol. The van der Waals surface area contributed by atoms with Crippen molar-refractivity contribution in [3.8, 4) is 0 Å². The fourth-order valence-electron chi connectivity index (χ4n) is 0.290. The summed E-state index contributed by atoms with van der Waals surface area (Å²) in [7, 11) is 0. The molecule has 0 aromatic rings. The summed E-state index contributed by atoms with van der Waals surface area (Å²) in [5, 5.41) is 13.1. The largest absolute Gasteiger partial charge is 0.285 e. The number of rotatable bonds is 0. The maximum atomic E-state index is 8.56. The summed E-state index contributed by atoms with van der Waals surface area (Å²) >= 11 is 1.54. The van der Waals surface area contributed by atoms with Crippen molar-refractivity contribution in [2.75, 3.05) is 0 Å². The third kappa shape index (κ3) is 1.25. The number of nitrogens with zero attached hydrogens (tertiary/aromatic N) is 1. The average Bonchev–Trinajstić information content (AvgIpc) is 1.69. The predicted octanol–water partition coefficient (Wildman–Crippen LogP) is 1.37. The molecule has 0 aromatic heterocycles. The number of hydroxylamine groups is 2. The lowest BCUT2D eigenvalue weighted by atomic mass is 10.9. The minimum absolute atomic E-state index is 1.01. The van der Waals surface area contributed by atoms with Crippen molar-refractivity contribution in [1.29, 1.82) is 0 Å². The van der Waals surface area contributed by atoms with Crippen LogP contribution in [0.2, 0.25) is 0 Å². The summed E-state index contributed by atoms with van der Waals surface area (Å²) in [6.45, 7) is 0. The molecular formula is C4H5NOS. The molecule has 0 saturated carbocycles. The molecule has 38 valence electrons. The van der Waals surface area contributed by atoms with Crippen LogP contribution in [0, 0.1) is 0 Å². The van der Waals surface area contributed by atoms with Crippen molar-refractivity contribution in [3.05, 3.63) is 23.2 Å². The first-order valence-electron chi connectivity index (χ1n) is 1.85. The molecule has 1 heterocycles. The molecule has 1 rings (SSSR count). The van der Waals surface area contributed by atoms with Gasteiger partial charge in [-0.2, -0.15) is 0 Å². The Labute approximate surface area is 46.1 Å². The first kappa shape index (κ1) is 4.74. The van der Waals surface area contributed by atoms with E-state index in [9.17, 15) is 0 Å². The first-order valence-corrected chi connectivity index (χ1v) is 2.80. The molecule has 0 spiro atoms. The van der Waals surface area contributed by atoms with Gasteiger partial charge in [-0.05, 0) is 10.8 Å². The molecule has 0 aromatic carbocycles. The van der Waals surface area contributed by atoms with Gasteiger partial charge in [-0.15, -0.1) is 11.8 Å². The highest BCUT2D eigenvalue weighted by atomic mass is 32.2. The zero-order valence-corrected chi connectivity index (χ0v) is 4.43. The molecule has 0 fully saturated rings. The summed E-state index contributed by atoms with van der Waals surface area (Å²) in [5.74, 6) is 0. The molecule has 2 nitrogen and oxygen atoms in total. The van der Waals surface area contributed by atoms with Crippen LogP contribution >= 0.6 is 11.8 Å². The van der Waals surface area contributed by atoms with Crippen molar-refractivity contribution in [1.82, 2.24) is 5.06 Å². The molecule has 0 aliphatic carbocycles. The molecule has 1 aliphatic rings. The fourth-order valence-corrected chi connectivity index (χ4v) is 0.771. The second-order valence-electron chi connectivity index (χ2n) is 1.09. The maximum absolute atomic E-state index is 8.56. The van der Waals surface area contributed by atoms with Gasteiger partial charge in [-0.1, -0.05) is 0 Å². The van der Waals surface area contributed by atoms with Crippen LogP contribution in [0.5, 0.6) is 0 Å². The smallest absolute Gasteiger partial charge is 0.0391 e. The van der Waals surface area contributed by atoms with Gasteiger partial charge in [0, 0.05) is 12.4 Å². The molecule has 0 unspecified atom stereocenters. The monoisotopic (exact) mass is 115 g/mol. The lowest BCUT2D eigenvalue weighted by Gasteiger charge is -2.05. The highest BCUT2D eigenvalue weighted by Crippen LogP contribution is 2.09. The van der Waals surface area contributed by atoms with Crippen molar-refractivity contribution in [3.63, 3.8) is 0 Å². The fraction of sp³-hybridized carbons (Fsp3) is 0. The Morgan fingerprint density at radius 1 is 1.29 bits per heavy atom. The van der Waals surface area contributed by atoms with E-state index in [-0.39, 0.29) is 0 Å². The number of hydrogen-bond acceptors (Lipinski definition) is 3. The van der Waals surface area contributed by atoms with E-state index in [0.717, 1.165) is 5.06 Å². The summed E-state index contributed by atoms with van der Waals surface area (Å²) in [4.78, 5) is 0. The zero-order chi connectivity index (χ0) is 5.11. The molecule has 1 aliphatic heterocycles.